The van der Waals surface area contributed by atoms with Crippen molar-refractivity contribution in [2.75, 3.05) is 13.2 Å². The summed E-state index contributed by atoms with van der Waals surface area (Å²) in [4.78, 5) is 10.8. The largest absolute Gasteiger partial charge is 0.493 e. The highest BCUT2D eigenvalue weighted by Crippen LogP contribution is 2.17. The van der Waals surface area contributed by atoms with Crippen LogP contribution in [-0.4, -0.2) is 24.3 Å². The van der Waals surface area contributed by atoms with Crippen LogP contribution in [-0.2, 0) is 0 Å². The number of hydrogen-bond acceptors (Lipinski definition) is 3. The molecular weight excluding hydrogens is 292 g/mol. The molecule has 0 spiro atoms. The van der Waals surface area contributed by atoms with E-state index in [2.05, 4.69) is 0 Å². The summed E-state index contributed by atoms with van der Waals surface area (Å²) in [5.41, 5.74) is 0.211. The van der Waals surface area contributed by atoms with Crippen molar-refractivity contribution < 1.29 is 19.4 Å². The standard InChI is InChI=1S/C16H15ClO4/c17-13-5-2-7-15(11-13)21-9-3-8-20-14-6-1-4-12(10-14)16(18)19/h1-2,4-7,10-11H,3,8-9H2,(H,18,19). The maximum atomic E-state index is 10.8. The van der Waals surface area contributed by atoms with E-state index in [1.54, 1.807) is 24.3 Å². The molecule has 0 aliphatic rings. The van der Waals surface area contributed by atoms with Gasteiger partial charge in [-0.1, -0.05) is 23.7 Å². The molecule has 2 aromatic carbocycles. The molecule has 0 saturated heterocycles. The highest BCUT2D eigenvalue weighted by atomic mass is 35.5. The maximum absolute atomic E-state index is 10.8. The van der Waals surface area contributed by atoms with Gasteiger partial charge < -0.3 is 14.6 Å². The minimum absolute atomic E-state index is 0.211. The fraction of sp³-hybridized carbons (Fsp3) is 0.188. The molecule has 21 heavy (non-hydrogen) atoms. The van der Waals surface area contributed by atoms with E-state index < -0.39 is 5.97 Å². The van der Waals surface area contributed by atoms with Crippen LogP contribution >= 0.6 is 11.6 Å². The third-order valence-corrected chi connectivity index (χ3v) is 2.94. The predicted molar refractivity (Wildman–Crippen MR) is 80.5 cm³/mol. The van der Waals surface area contributed by atoms with Crippen molar-refractivity contribution in [2.45, 2.75) is 6.42 Å². The molecule has 0 aromatic heterocycles. The number of halogens is 1. The Labute approximate surface area is 127 Å². The van der Waals surface area contributed by atoms with Crippen LogP contribution in [0.2, 0.25) is 5.02 Å². The molecule has 110 valence electrons. The zero-order valence-electron chi connectivity index (χ0n) is 11.3. The van der Waals surface area contributed by atoms with Crippen molar-refractivity contribution in [3.05, 3.63) is 59.1 Å². The molecule has 0 unspecified atom stereocenters. The van der Waals surface area contributed by atoms with Gasteiger partial charge >= 0.3 is 5.97 Å². The van der Waals surface area contributed by atoms with Crippen LogP contribution in [0, 0.1) is 0 Å². The SMILES string of the molecule is O=C(O)c1cccc(OCCCOc2cccc(Cl)c2)c1. The first-order valence-corrected chi connectivity index (χ1v) is 6.87. The number of carboxylic acid groups (broad SMARTS) is 1. The van der Waals surface area contributed by atoms with Gasteiger partial charge in [-0.05, 0) is 36.4 Å². The van der Waals surface area contributed by atoms with E-state index in [9.17, 15) is 4.79 Å². The summed E-state index contributed by atoms with van der Waals surface area (Å²) in [6.07, 6.45) is 0.684. The Morgan fingerprint density at radius 3 is 2.24 bits per heavy atom. The van der Waals surface area contributed by atoms with Gasteiger partial charge in [0.2, 0.25) is 0 Å². The Bertz CT molecular complexity index is 613. The Balaban J connectivity index is 1.72. The third-order valence-electron chi connectivity index (χ3n) is 2.70. The van der Waals surface area contributed by atoms with E-state index in [0.717, 1.165) is 5.75 Å². The first kappa shape index (κ1) is 15.2. The lowest BCUT2D eigenvalue weighted by molar-refractivity contribution is 0.0696. The van der Waals surface area contributed by atoms with Crippen molar-refractivity contribution in [3.8, 4) is 11.5 Å². The van der Waals surface area contributed by atoms with Gasteiger partial charge in [-0.25, -0.2) is 4.79 Å². The number of ether oxygens (including phenoxy) is 2. The first-order chi connectivity index (χ1) is 10.1. The summed E-state index contributed by atoms with van der Waals surface area (Å²) in [7, 11) is 0. The molecule has 0 fully saturated rings. The molecule has 0 saturated carbocycles. The van der Waals surface area contributed by atoms with Gasteiger partial charge in [0.1, 0.15) is 11.5 Å². The summed E-state index contributed by atoms with van der Waals surface area (Å²) in [6, 6.07) is 13.6. The van der Waals surface area contributed by atoms with Gasteiger partial charge in [0.25, 0.3) is 0 Å². The molecule has 0 aliphatic heterocycles. The zero-order valence-corrected chi connectivity index (χ0v) is 12.0. The lowest BCUT2D eigenvalue weighted by atomic mass is 10.2. The van der Waals surface area contributed by atoms with Crippen LogP contribution in [0.25, 0.3) is 0 Å². The Morgan fingerprint density at radius 1 is 1.00 bits per heavy atom. The number of aromatic carboxylic acids is 1. The van der Waals surface area contributed by atoms with E-state index in [0.29, 0.717) is 30.4 Å². The van der Waals surface area contributed by atoms with Crippen LogP contribution in [0.4, 0.5) is 0 Å². The lowest BCUT2D eigenvalue weighted by Gasteiger charge is -2.08. The molecule has 0 aliphatic carbocycles. The number of benzene rings is 2. The summed E-state index contributed by atoms with van der Waals surface area (Å²) in [5, 5.41) is 9.51. The van der Waals surface area contributed by atoms with E-state index in [4.69, 9.17) is 26.2 Å². The quantitative estimate of drug-likeness (QED) is 0.789. The van der Waals surface area contributed by atoms with Crippen LogP contribution < -0.4 is 9.47 Å². The molecule has 2 rings (SSSR count). The molecule has 4 nitrogen and oxygen atoms in total. The summed E-state index contributed by atoms with van der Waals surface area (Å²) in [5.74, 6) is 0.290. The zero-order chi connectivity index (χ0) is 15.1. The van der Waals surface area contributed by atoms with Crippen LogP contribution in [0.3, 0.4) is 0 Å². The van der Waals surface area contributed by atoms with Gasteiger partial charge in [0.05, 0.1) is 18.8 Å². The second kappa shape index (κ2) is 7.55. The number of carbonyl (C=O) groups is 1. The van der Waals surface area contributed by atoms with Crippen molar-refractivity contribution in [1.82, 2.24) is 0 Å². The highest BCUT2D eigenvalue weighted by molar-refractivity contribution is 6.30. The van der Waals surface area contributed by atoms with E-state index >= 15 is 0 Å². The monoisotopic (exact) mass is 306 g/mol. The minimum atomic E-state index is -0.968. The second-order valence-corrected chi connectivity index (χ2v) is 4.78. The smallest absolute Gasteiger partial charge is 0.335 e. The second-order valence-electron chi connectivity index (χ2n) is 4.34. The van der Waals surface area contributed by atoms with Gasteiger partial charge in [-0.15, -0.1) is 0 Å². The van der Waals surface area contributed by atoms with Crippen LogP contribution in [0.1, 0.15) is 16.8 Å². The predicted octanol–water partition coefficient (Wildman–Crippen LogP) is 3.89. The summed E-state index contributed by atoms with van der Waals surface area (Å²) < 4.78 is 11.0. The number of carboxylic acids is 1. The molecule has 0 amide bonds. The third kappa shape index (κ3) is 5.00. The average Bonchev–Trinajstić information content (AvgIpc) is 2.47. The maximum Gasteiger partial charge on any atom is 0.335 e. The van der Waals surface area contributed by atoms with Gasteiger partial charge in [0.15, 0.2) is 0 Å². The topological polar surface area (TPSA) is 55.8 Å². The highest BCUT2D eigenvalue weighted by Gasteiger charge is 2.03. The van der Waals surface area contributed by atoms with E-state index in [-0.39, 0.29) is 5.56 Å². The molecule has 2 aromatic rings. The van der Waals surface area contributed by atoms with E-state index in [1.165, 1.54) is 12.1 Å². The van der Waals surface area contributed by atoms with Crippen molar-refractivity contribution in [2.24, 2.45) is 0 Å². The normalized spacial score (nSPS) is 10.1. The Hall–Kier alpha value is -2.20. The molecule has 1 N–H and O–H groups in total. The fourth-order valence-electron chi connectivity index (χ4n) is 1.71. The average molecular weight is 307 g/mol. The summed E-state index contributed by atoms with van der Waals surface area (Å²) in [6.45, 7) is 0.947. The minimum Gasteiger partial charge on any atom is -0.493 e. The molecule has 5 heteroatoms. The number of hydrogen-bond donors (Lipinski definition) is 1. The van der Waals surface area contributed by atoms with Crippen molar-refractivity contribution >= 4 is 17.6 Å². The fourth-order valence-corrected chi connectivity index (χ4v) is 1.89. The van der Waals surface area contributed by atoms with Crippen LogP contribution in [0.15, 0.2) is 48.5 Å². The Morgan fingerprint density at radius 2 is 1.62 bits per heavy atom. The summed E-state index contributed by atoms with van der Waals surface area (Å²) >= 11 is 5.85. The molecule has 0 atom stereocenters. The van der Waals surface area contributed by atoms with Gasteiger partial charge in [-0.3, -0.25) is 0 Å². The van der Waals surface area contributed by atoms with E-state index in [1.807, 2.05) is 12.1 Å². The lowest BCUT2D eigenvalue weighted by Crippen LogP contribution is -2.05. The first-order valence-electron chi connectivity index (χ1n) is 6.50. The molecular formula is C16H15ClO4. The molecule has 0 heterocycles. The Kier molecular flexibility index (Phi) is 5.46. The van der Waals surface area contributed by atoms with Crippen molar-refractivity contribution in [1.29, 1.82) is 0 Å². The number of rotatable bonds is 7. The van der Waals surface area contributed by atoms with Crippen LogP contribution in [0.5, 0.6) is 11.5 Å². The van der Waals surface area contributed by atoms with Gasteiger partial charge in [-0.2, -0.15) is 0 Å². The van der Waals surface area contributed by atoms with Crippen molar-refractivity contribution in [3.63, 3.8) is 0 Å². The molecule has 0 radical (unpaired) electrons. The van der Waals surface area contributed by atoms with Gasteiger partial charge in [0, 0.05) is 11.4 Å². The molecule has 0 bridgehead atoms.